The third-order valence-electron chi connectivity index (χ3n) is 7.11. The van der Waals surface area contributed by atoms with E-state index in [1.807, 2.05) is 13.1 Å². The Morgan fingerprint density at radius 2 is 1.93 bits per heavy atom. The predicted octanol–water partition coefficient (Wildman–Crippen LogP) is 5.04. The first-order valence-electron chi connectivity index (χ1n) is 13.4. The van der Waals surface area contributed by atoms with Crippen molar-refractivity contribution in [3.05, 3.63) is 59.7 Å². The van der Waals surface area contributed by atoms with Crippen LogP contribution >= 0.6 is 11.6 Å². The number of likely N-dealkylation sites (tertiary alicyclic amines) is 1. The van der Waals surface area contributed by atoms with Gasteiger partial charge in [-0.15, -0.1) is 0 Å². The average molecular weight is 599 g/mol. The van der Waals surface area contributed by atoms with Gasteiger partial charge in [-0.3, -0.25) is 4.79 Å². The van der Waals surface area contributed by atoms with Crippen molar-refractivity contribution in [3.8, 4) is 5.75 Å². The second-order valence-corrected chi connectivity index (χ2v) is 11.1. The Morgan fingerprint density at radius 1 is 1.24 bits per heavy atom. The molecule has 0 bridgehead atoms. The van der Waals surface area contributed by atoms with Gasteiger partial charge >= 0.3 is 0 Å². The number of aromatic nitrogens is 3. The highest BCUT2D eigenvalue weighted by atomic mass is 35.5. The minimum atomic E-state index is -1.37. The minimum absolute atomic E-state index is 0.122. The Morgan fingerprint density at radius 3 is 2.52 bits per heavy atom. The number of methoxy groups -OCH3 is 1. The molecule has 0 radical (unpaired) electrons. The molecule has 3 aromatic rings. The SMILES string of the molecule is C=CC(=O)Nc1cc(Nc2ncnc(Nc3cc(Cl)c(F)cc3C(C)(C)O)n2)c(OC)cc1N(C)C[C@H]1CCCN1C. The molecule has 42 heavy (non-hydrogen) atoms. The van der Waals surface area contributed by atoms with Crippen LogP contribution in [0.2, 0.25) is 5.02 Å². The van der Waals surface area contributed by atoms with Crippen molar-refractivity contribution in [2.24, 2.45) is 0 Å². The summed E-state index contributed by atoms with van der Waals surface area (Å²) >= 11 is 6.01. The second-order valence-electron chi connectivity index (χ2n) is 10.7. The van der Waals surface area contributed by atoms with Gasteiger partial charge in [-0.1, -0.05) is 18.2 Å². The molecule has 0 saturated carbocycles. The number of rotatable bonds is 11. The van der Waals surface area contributed by atoms with Crippen LogP contribution in [-0.4, -0.2) is 71.2 Å². The first-order valence-corrected chi connectivity index (χ1v) is 13.8. The first kappa shape index (κ1) is 30.9. The van der Waals surface area contributed by atoms with E-state index < -0.39 is 11.4 Å². The van der Waals surface area contributed by atoms with Gasteiger partial charge in [-0.25, -0.2) is 14.4 Å². The van der Waals surface area contributed by atoms with Crippen LogP contribution in [0.25, 0.3) is 0 Å². The summed E-state index contributed by atoms with van der Waals surface area (Å²) in [5.41, 5.74) is 1.05. The van der Waals surface area contributed by atoms with Crippen LogP contribution in [0.4, 0.5) is 39.0 Å². The van der Waals surface area contributed by atoms with Gasteiger partial charge in [0.15, 0.2) is 0 Å². The molecule has 4 rings (SSSR count). The molecule has 0 spiro atoms. The van der Waals surface area contributed by atoms with E-state index in [1.54, 1.807) is 13.2 Å². The van der Waals surface area contributed by atoms with E-state index in [2.05, 4.69) is 54.3 Å². The predicted molar refractivity (Wildman–Crippen MR) is 164 cm³/mol. The van der Waals surface area contributed by atoms with Crippen molar-refractivity contribution in [3.63, 3.8) is 0 Å². The number of carbonyl (C=O) groups excluding carboxylic acids is 1. The molecule has 2 aromatic carbocycles. The highest BCUT2D eigenvalue weighted by molar-refractivity contribution is 6.31. The van der Waals surface area contributed by atoms with Crippen molar-refractivity contribution in [2.75, 3.05) is 55.1 Å². The fourth-order valence-corrected chi connectivity index (χ4v) is 5.04. The number of benzene rings is 2. The van der Waals surface area contributed by atoms with E-state index in [4.69, 9.17) is 16.3 Å². The fraction of sp³-hybridized carbons (Fsp3) is 0.379. The van der Waals surface area contributed by atoms with Gasteiger partial charge in [-0.05, 0) is 64.6 Å². The molecule has 1 saturated heterocycles. The maximum Gasteiger partial charge on any atom is 0.247 e. The maximum absolute atomic E-state index is 14.2. The van der Waals surface area contributed by atoms with Crippen LogP contribution in [0.1, 0.15) is 32.3 Å². The highest BCUT2D eigenvalue weighted by Gasteiger charge is 2.25. The number of halogens is 2. The molecule has 13 heteroatoms. The molecule has 1 fully saturated rings. The van der Waals surface area contributed by atoms with Crippen LogP contribution in [0.3, 0.4) is 0 Å². The Bertz CT molecular complexity index is 1470. The maximum atomic E-state index is 14.2. The molecule has 1 aliphatic heterocycles. The quantitative estimate of drug-likeness (QED) is 0.223. The molecule has 1 amide bonds. The fourth-order valence-electron chi connectivity index (χ4n) is 4.87. The molecule has 2 heterocycles. The number of aliphatic hydroxyl groups is 1. The Labute approximate surface area is 249 Å². The van der Waals surface area contributed by atoms with Crippen molar-refractivity contribution in [1.29, 1.82) is 0 Å². The zero-order valence-electron chi connectivity index (χ0n) is 24.3. The van der Waals surface area contributed by atoms with Crippen LogP contribution in [-0.2, 0) is 10.4 Å². The van der Waals surface area contributed by atoms with Crippen molar-refractivity contribution in [2.45, 2.75) is 38.3 Å². The summed E-state index contributed by atoms with van der Waals surface area (Å²) in [4.78, 5) is 29.5. The molecule has 4 N–H and O–H groups in total. The summed E-state index contributed by atoms with van der Waals surface area (Å²) in [5, 5.41) is 19.4. The minimum Gasteiger partial charge on any atom is -0.494 e. The number of nitrogens with zero attached hydrogens (tertiary/aromatic N) is 5. The van der Waals surface area contributed by atoms with Gasteiger partial charge in [0, 0.05) is 37.0 Å². The highest BCUT2D eigenvalue weighted by Crippen LogP contribution is 2.39. The largest absolute Gasteiger partial charge is 0.494 e. The monoisotopic (exact) mass is 598 g/mol. The summed E-state index contributed by atoms with van der Waals surface area (Å²) in [6.45, 7) is 8.46. The van der Waals surface area contributed by atoms with E-state index in [-0.39, 0.29) is 28.4 Å². The number of carbonyl (C=O) groups is 1. The number of likely N-dealkylation sites (N-methyl/N-ethyl adjacent to an activating group) is 2. The molecule has 1 aromatic heterocycles. The lowest BCUT2D eigenvalue weighted by molar-refractivity contribution is -0.111. The van der Waals surface area contributed by atoms with E-state index >= 15 is 0 Å². The molecular formula is C29H36ClFN8O3. The smallest absolute Gasteiger partial charge is 0.247 e. The zero-order chi connectivity index (χ0) is 30.6. The second kappa shape index (κ2) is 12.9. The van der Waals surface area contributed by atoms with Crippen molar-refractivity contribution < 1.29 is 19.0 Å². The number of amides is 1. The lowest BCUT2D eigenvalue weighted by atomic mass is 9.96. The van der Waals surface area contributed by atoms with Crippen molar-refractivity contribution in [1.82, 2.24) is 19.9 Å². The summed E-state index contributed by atoms with van der Waals surface area (Å²) in [6.07, 6.45) is 4.75. The molecular weight excluding hydrogens is 563 g/mol. The first-order chi connectivity index (χ1) is 19.9. The van der Waals surface area contributed by atoms with Gasteiger partial charge in [0.05, 0.1) is 34.8 Å². The van der Waals surface area contributed by atoms with Gasteiger partial charge in [0.2, 0.25) is 17.8 Å². The van der Waals surface area contributed by atoms with E-state index in [1.165, 1.54) is 32.3 Å². The van der Waals surface area contributed by atoms with Crippen LogP contribution in [0.5, 0.6) is 5.75 Å². The summed E-state index contributed by atoms with van der Waals surface area (Å²) in [6, 6.07) is 6.50. The molecule has 0 aliphatic carbocycles. The lowest BCUT2D eigenvalue weighted by Crippen LogP contribution is -2.37. The number of anilines is 6. The molecule has 1 aliphatic rings. The zero-order valence-corrected chi connectivity index (χ0v) is 25.1. The Balaban J connectivity index is 1.65. The van der Waals surface area contributed by atoms with Crippen LogP contribution in [0.15, 0.2) is 43.2 Å². The van der Waals surface area contributed by atoms with Crippen LogP contribution in [0, 0.1) is 5.82 Å². The molecule has 11 nitrogen and oxygen atoms in total. The number of ether oxygens (including phenoxy) is 1. The number of nitrogens with one attached hydrogen (secondary N) is 3. The van der Waals surface area contributed by atoms with Gasteiger partial charge in [0.25, 0.3) is 0 Å². The molecule has 0 unspecified atom stereocenters. The number of hydrogen-bond acceptors (Lipinski definition) is 10. The standard InChI is InChI=1S/C29H36ClFN8O3/c1-7-26(40)34-22-13-23(25(42-6)14-24(22)39(5)15-17-9-8-10-38(17)4)36-28-33-16-32-27(37-28)35-21-12-19(30)20(31)11-18(21)29(2,3)41/h7,11-14,16-17,41H,1,8-10,15H2,2-6H3,(H,34,40)(H2,32,33,35,36,37)/t17-/m1/s1. The molecule has 1 atom stereocenters. The van der Waals surface area contributed by atoms with Crippen LogP contribution < -0.4 is 25.6 Å². The van der Waals surface area contributed by atoms with E-state index in [0.717, 1.165) is 37.7 Å². The van der Waals surface area contributed by atoms with Gasteiger partial charge < -0.3 is 35.6 Å². The van der Waals surface area contributed by atoms with Crippen molar-refractivity contribution >= 4 is 52.2 Å². The molecule has 224 valence electrons. The third kappa shape index (κ3) is 7.25. The van der Waals surface area contributed by atoms with E-state index in [0.29, 0.717) is 28.9 Å². The average Bonchev–Trinajstić information content (AvgIpc) is 3.34. The summed E-state index contributed by atoms with van der Waals surface area (Å²) in [5.74, 6) is -0.229. The van der Waals surface area contributed by atoms with E-state index in [9.17, 15) is 14.3 Å². The lowest BCUT2D eigenvalue weighted by Gasteiger charge is -2.29. The van der Waals surface area contributed by atoms with Gasteiger partial charge in [-0.2, -0.15) is 4.98 Å². The number of hydrogen-bond donors (Lipinski definition) is 4. The summed E-state index contributed by atoms with van der Waals surface area (Å²) < 4.78 is 19.9. The Kier molecular flexibility index (Phi) is 9.50. The van der Waals surface area contributed by atoms with Gasteiger partial charge in [0.1, 0.15) is 17.9 Å². The topological polar surface area (TPSA) is 128 Å². The Hall–Kier alpha value is -4.00. The third-order valence-corrected chi connectivity index (χ3v) is 7.40. The normalized spacial score (nSPS) is 15.3. The summed E-state index contributed by atoms with van der Waals surface area (Å²) in [7, 11) is 5.65.